The molecule has 3 rings (SSSR count). The minimum absolute atomic E-state index is 0.181. The van der Waals surface area contributed by atoms with Gasteiger partial charge in [0.25, 0.3) is 10.0 Å². The lowest BCUT2D eigenvalue weighted by atomic mass is 10.2. The molecule has 1 N–H and O–H groups in total. The molecular formula is C15H15ClN2O5S2. The van der Waals surface area contributed by atoms with Crippen LogP contribution < -0.4 is 14.8 Å². The maximum atomic E-state index is 12.3. The number of carbonyl (C=O) groups excluding carboxylic acids is 1. The lowest BCUT2D eigenvalue weighted by Gasteiger charge is -2.20. The van der Waals surface area contributed by atoms with Gasteiger partial charge in [0.2, 0.25) is 5.91 Å². The van der Waals surface area contributed by atoms with E-state index in [1.807, 2.05) is 0 Å². The smallest absolute Gasteiger partial charge is 0.252 e. The Morgan fingerprint density at radius 2 is 2.00 bits per heavy atom. The Morgan fingerprint density at radius 3 is 2.64 bits per heavy atom. The number of thiophene rings is 1. The summed E-state index contributed by atoms with van der Waals surface area (Å²) >= 11 is 7.23. The summed E-state index contributed by atoms with van der Waals surface area (Å²) in [7, 11) is -2.35. The first kappa shape index (κ1) is 18.0. The number of carbonyl (C=O) groups is 1. The lowest BCUT2D eigenvalue weighted by Crippen LogP contribution is -2.34. The number of ether oxygens (including phenoxy) is 2. The molecule has 0 bridgehead atoms. The van der Waals surface area contributed by atoms with Crippen molar-refractivity contribution < 1.29 is 22.7 Å². The van der Waals surface area contributed by atoms with Gasteiger partial charge in [-0.25, -0.2) is 8.42 Å². The number of hydrogen-bond acceptors (Lipinski definition) is 6. The molecule has 1 aliphatic rings. The third kappa shape index (κ3) is 3.90. The molecule has 0 radical (unpaired) electrons. The van der Waals surface area contributed by atoms with Crippen molar-refractivity contribution in [3.05, 3.63) is 34.7 Å². The summed E-state index contributed by atoms with van der Waals surface area (Å²) in [6.45, 7) is 0.495. The molecule has 1 aliphatic heterocycles. The molecule has 2 aromatic rings. The highest BCUT2D eigenvalue weighted by Gasteiger charge is 2.24. The standard InChI is InChI=1S/C15H15ClN2O5S2/c1-18(25(20,21)15-3-2-6-24-15)9-14(19)17-11-8-13-12(7-10(11)16)22-4-5-23-13/h2-3,6-8H,4-5,9H2,1H3,(H,17,19). The SMILES string of the molecule is CN(CC(=O)Nc1cc2c(cc1Cl)OCCO2)S(=O)(=O)c1cccs1. The van der Waals surface area contributed by atoms with Gasteiger partial charge in [-0.2, -0.15) is 4.31 Å². The van der Waals surface area contributed by atoms with Crippen molar-refractivity contribution >= 4 is 44.6 Å². The average Bonchev–Trinajstić information content (AvgIpc) is 3.10. The van der Waals surface area contributed by atoms with Crippen LogP contribution in [0.5, 0.6) is 11.5 Å². The zero-order valence-electron chi connectivity index (χ0n) is 13.2. The Hall–Kier alpha value is -1.81. The zero-order valence-corrected chi connectivity index (χ0v) is 15.6. The fourth-order valence-corrected chi connectivity index (χ4v) is 4.73. The number of nitrogens with zero attached hydrogens (tertiary/aromatic N) is 1. The van der Waals surface area contributed by atoms with E-state index < -0.39 is 15.9 Å². The molecule has 0 atom stereocenters. The summed E-state index contributed by atoms with van der Waals surface area (Å²) in [6.07, 6.45) is 0. The molecule has 25 heavy (non-hydrogen) atoms. The van der Waals surface area contributed by atoms with Gasteiger partial charge in [0.1, 0.15) is 17.4 Å². The topological polar surface area (TPSA) is 84.9 Å². The molecule has 10 heteroatoms. The van der Waals surface area contributed by atoms with Crippen molar-refractivity contribution in [1.29, 1.82) is 0 Å². The number of benzene rings is 1. The van der Waals surface area contributed by atoms with Crippen LogP contribution in [0.15, 0.2) is 33.9 Å². The van der Waals surface area contributed by atoms with E-state index >= 15 is 0 Å². The summed E-state index contributed by atoms with van der Waals surface area (Å²) in [4.78, 5) is 12.2. The van der Waals surface area contributed by atoms with Gasteiger partial charge in [-0.3, -0.25) is 4.79 Å². The van der Waals surface area contributed by atoms with Gasteiger partial charge in [-0.15, -0.1) is 11.3 Å². The fraction of sp³-hybridized carbons (Fsp3) is 0.267. The predicted molar refractivity (Wildman–Crippen MR) is 95.2 cm³/mol. The van der Waals surface area contributed by atoms with E-state index in [4.69, 9.17) is 21.1 Å². The minimum atomic E-state index is -3.69. The molecule has 0 spiro atoms. The lowest BCUT2D eigenvalue weighted by molar-refractivity contribution is -0.116. The van der Waals surface area contributed by atoms with Crippen molar-refractivity contribution in [3.63, 3.8) is 0 Å². The number of fused-ring (bicyclic) bond motifs is 1. The average molecular weight is 403 g/mol. The molecular weight excluding hydrogens is 388 g/mol. The number of likely N-dealkylation sites (N-methyl/N-ethyl adjacent to an activating group) is 1. The summed E-state index contributed by atoms with van der Waals surface area (Å²) in [6, 6.07) is 6.24. The van der Waals surface area contributed by atoms with Gasteiger partial charge in [-0.1, -0.05) is 17.7 Å². The number of anilines is 1. The highest BCUT2D eigenvalue weighted by molar-refractivity contribution is 7.91. The Kier molecular flexibility index (Phi) is 5.19. The first-order valence-electron chi connectivity index (χ1n) is 7.27. The van der Waals surface area contributed by atoms with E-state index in [2.05, 4.69) is 5.32 Å². The van der Waals surface area contributed by atoms with Crippen molar-refractivity contribution in [2.75, 3.05) is 32.1 Å². The molecule has 0 saturated carbocycles. The molecule has 0 fully saturated rings. The zero-order chi connectivity index (χ0) is 18.0. The van der Waals surface area contributed by atoms with Crippen LogP contribution in [0.1, 0.15) is 0 Å². The summed E-state index contributed by atoms with van der Waals surface area (Å²) in [5.74, 6) is 0.471. The van der Waals surface area contributed by atoms with Crippen molar-refractivity contribution in [2.45, 2.75) is 4.21 Å². The number of rotatable bonds is 5. The molecule has 0 unspecified atom stereocenters. The second kappa shape index (κ2) is 7.20. The third-order valence-electron chi connectivity index (χ3n) is 3.43. The summed E-state index contributed by atoms with van der Waals surface area (Å²) in [5, 5.41) is 4.54. The molecule has 0 aliphatic carbocycles. The second-order valence-electron chi connectivity index (χ2n) is 5.22. The van der Waals surface area contributed by atoms with Crippen LogP contribution in [-0.4, -0.2) is 45.4 Å². The van der Waals surface area contributed by atoms with Crippen LogP contribution in [0.2, 0.25) is 5.02 Å². The number of sulfonamides is 1. The molecule has 1 aromatic heterocycles. The van der Waals surface area contributed by atoms with E-state index in [0.29, 0.717) is 30.4 Å². The van der Waals surface area contributed by atoms with Crippen LogP contribution in [0.4, 0.5) is 5.69 Å². The minimum Gasteiger partial charge on any atom is -0.486 e. The van der Waals surface area contributed by atoms with Crippen LogP contribution in [-0.2, 0) is 14.8 Å². The highest BCUT2D eigenvalue weighted by Crippen LogP contribution is 2.37. The maximum Gasteiger partial charge on any atom is 0.252 e. The number of amides is 1. The number of halogens is 1. The van der Waals surface area contributed by atoms with Crippen LogP contribution >= 0.6 is 22.9 Å². The van der Waals surface area contributed by atoms with Crippen LogP contribution in [0.25, 0.3) is 0 Å². The molecule has 1 amide bonds. The van der Waals surface area contributed by atoms with Gasteiger partial charge in [0.05, 0.1) is 17.3 Å². The van der Waals surface area contributed by atoms with E-state index in [1.54, 1.807) is 23.6 Å². The first-order chi connectivity index (χ1) is 11.9. The van der Waals surface area contributed by atoms with E-state index in [9.17, 15) is 13.2 Å². The van der Waals surface area contributed by atoms with Gasteiger partial charge in [0, 0.05) is 19.2 Å². The third-order valence-corrected chi connectivity index (χ3v) is 6.92. The predicted octanol–water partition coefficient (Wildman–Crippen LogP) is 2.43. The van der Waals surface area contributed by atoms with Crippen molar-refractivity contribution in [2.24, 2.45) is 0 Å². The van der Waals surface area contributed by atoms with E-state index in [1.165, 1.54) is 13.1 Å². The Morgan fingerprint density at radius 1 is 1.32 bits per heavy atom. The molecule has 7 nitrogen and oxygen atoms in total. The molecule has 2 heterocycles. The van der Waals surface area contributed by atoms with Crippen molar-refractivity contribution in [1.82, 2.24) is 4.31 Å². The summed E-state index contributed by atoms with van der Waals surface area (Å²) in [5.41, 5.74) is 0.331. The normalized spacial score (nSPS) is 13.7. The first-order valence-corrected chi connectivity index (χ1v) is 9.96. The fourth-order valence-electron chi connectivity index (χ4n) is 2.20. The maximum absolute atomic E-state index is 12.3. The number of hydrogen-bond donors (Lipinski definition) is 1. The number of nitrogens with one attached hydrogen (secondary N) is 1. The molecule has 0 saturated heterocycles. The van der Waals surface area contributed by atoms with Gasteiger partial charge in [-0.05, 0) is 11.4 Å². The summed E-state index contributed by atoms with van der Waals surface area (Å²) < 4.78 is 36.7. The largest absolute Gasteiger partial charge is 0.486 e. The van der Waals surface area contributed by atoms with Gasteiger partial charge < -0.3 is 14.8 Å². The van der Waals surface area contributed by atoms with Crippen LogP contribution in [0, 0.1) is 0 Å². The van der Waals surface area contributed by atoms with E-state index in [-0.39, 0.29) is 15.8 Å². The molecule has 134 valence electrons. The monoisotopic (exact) mass is 402 g/mol. The van der Waals surface area contributed by atoms with Crippen LogP contribution in [0.3, 0.4) is 0 Å². The van der Waals surface area contributed by atoms with Gasteiger partial charge >= 0.3 is 0 Å². The Bertz CT molecular complexity index is 884. The Balaban J connectivity index is 1.71. The molecule has 1 aromatic carbocycles. The van der Waals surface area contributed by atoms with Crippen molar-refractivity contribution in [3.8, 4) is 11.5 Å². The Labute approximate surface area is 154 Å². The quantitative estimate of drug-likeness (QED) is 0.830. The van der Waals surface area contributed by atoms with Gasteiger partial charge in [0.15, 0.2) is 11.5 Å². The van der Waals surface area contributed by atoms with E-state index in [0.717, 1.165) is 15.6 Å². The highest BCUT2D eigenvalue weighted by atomic mass is 35.5. The second-order valence-corrected chi connectivity index (χ2v) is 8.84.